The Kier molecular flexibility index (Phi) is 5.31. The number of nitrogens with zero attached hydrogens (tertiary/aromatic N) is 4. The van der Waals surface area contributed by atoms with Gasteiger partial charge in [-0.3, -0.25) is 0 Å². The van der Waals surface area contributed by atoms with E-state index < -0.39 is 11.9 Å². The summed E-state index contributed by atoms with van der Waals surface area (Å²) in [5, 5.41) is 10.5. The molecule has 1 saturated heterocycles. The lowest BCUT2D eigenvalue weighted by atomic mass is 10.0. The van der Waals surface area contributed by atoms with E-state index in [1.165, 1.54) is 11.8 Å². The monoisotopic (exact) mass is 392 g/mol. The minimum absolute atomic E-state index is 0.0164. The fourth-order valence-electron chi connectivity index (χ4n) is 2.73. The lowest BCUT2D eigenvalue weighted by molar-refractivity contribution is -0.0193. The van der Waals surface area contributed by atoms with Crippen LogP contribution in [0.15, 0.2) is 5.16 Å². The number of hydrogen-bond donors (Lipinski definition) is 1. The normalized spacial score (nSPS) is 21.2. The number of aromatic nitrogens is 3. The summed E-state index contributed by atoms with van der Waals surface area (Å²) in [4.78, 5) is 14.2. The lowest BCUT2D eigenvalue weighted by Gasteiger charge is -2.36. The van der Waals surface area contributed by atoms with Gasteiger partial charge in [-0.1, -0.05) is 35.0 Å². The summed E-state index contributed by atoms with van der Waals surface area (Å²) in [6, 6.07) is -0.235. The molecule has 2 atom stereocenters. The Labute approximate surface area is 152 Å². The highest BCUT2D eigenvalue weighted by Gasteiger charge is 2.30. The van der Waals surface area contributed by atoms with E-state index in [0.717, 1.165) is 0 Å². The summed E-state index contributed by atoms with van der Waals surface area (Å²) in [6.45, 7) is 0.760. The van der Waals surface area contributed by atoms with Crippen LogP contribution in [0.3, 0.4) is 0 Å². The quantitative estimate of drug-likeness (QED) is 0.489. The molecule has 1 fully saturated rings. The van der Waals surface area contributed by atoms with Crippen molar-refractivity contribution >= 4 is 51.7 Å². The second-order valence-corrected chi connectivity index (χ2v) is 6.86. The number of aliphatic hydroxyl groups excluding tert-OH is 1. The topological polar surface area (TPSA) is 71.4 Å². The predicted octanol–water partition coefficient (Wildman–Crippen LogP) is 2.78. The number of pyridine rings is 1. The van der Waals surface area contributed by atoms with Crippen LogP contribution in [0.25, 0.3) is 10.9 Å². The summed E-state index contributed by atoms with van der Waals surface area (Å²) < 4.78 is 19.7. The molecule has 6 nitrogen and oxygen atoms in total. The summed E-state index contributed by atoms with van der Waals surface area (Å²) in [6.07, 6.45) is 1.71. The predicted molar refractivity (Wildman–Crippen MR) is 92.7 cm³/mol. The van der Waals surface area contributed by atoms with Gasteiger partial charge in [0, 0.05) is 13.7 Å². The summed E-state index contributed by atoms with van der Waals surface area (Å²) in [5.74, 6) is -0.334. The smallest absolute Gasteiger partial charge is 0.189 e. The largest absolute Gasteiger partial charge is 0.389 e. The highest BCUT2D eigenvalue weighted by Crippen LogP contribution is 2.35. The molecule has 3 rings (SSSR count). The van der Waals surface area contributed by atoms with E-state index >= 15 is 0 Å². The Bertz CT molecular complexity index is 782. The minimum Gasteiger partial charge on any atom is -0.389 e. The average molecular weight is 393 g/mol. The number of anilines is 1. The van der Waals surface area contributed by atoms with Gasteiger partial charge in [0.05, 0.1) is 24.1 Å². The van der Waals surface area contributed by atoms with E-state index in [0.29, 0.717) is 24.0 Å². The maximum absolute atomic E-state index is 14.4. The van der Waals surface area contributed by atoms with Gasteiger partial charge < -0.3 is 14.7 Å². The molecule has 2 aromatic rings. The molecule has 130 valence electrons. The standard InChI is InChI=1S/C14H15Cl2FN4O2S/c1-21(6-3-4-23-5-7(6)22)13-8-10(18-14(20-13)24-2)9(17)12(16)19-11(8)15/h6-7,22H,3-5H2,1-2H3/t6-,7-/m0/s1. The Morgan fingerprint density at radius 2 is 2.04 bits per heavy atom. The second kappa shape index (κ2) is 7.13. The minimum atomic E-state index is -0.740. The van der Waals surface area contributed by atoms with Crippen molar-refractivity contribution in [3.05, 3.63) is 16.1 Å². The van der Waals surface area contributed by atoms with Gasteiger partial charge in [-0.2, -0.15) is 0 Å². The Morgan fingerprint density at radius 1 is 1.29 bits per heavy atom. The average Bonchev–Trinajstić information content (AvgIpc) is 2.58. The van der Waals surface area contributed by atoms with Crippen LogP contribution in [-0.4, -0.2) is 58.7 Å². The molecule has 1 aliphatic rings. The highest BCUT2D eigenvalue weighted by atomic mass is 35.5. The molecule has 1 N–H and O–H groups in total. The molecule has 10 heteroatoms. The molecule has 0 aromatic carbocycles. The first-order valence-corrected chi connectivity index (χ1v) is 9.17. The van der Waals surface area contributed by atoms with Crippen LogP contribution in [0, 0.1) is 5.82 Å². The Hall–Kier alpha value is -0.930. The van der Waals surface area contributed by atoms with Crippen molar-refractivity contribution in [2.24, 2.45) is 0 Å². The van der Waals surface area contributed by atoms with Crippen molar-refractivity contribution in [2.75, 3.05) is 31.4 Å². The van der Waals surface area contributed by atoms with Gasteiger partial charge >= 0.3 is 0 Å². The second-order valence-electron chi connectivity index (χ2n) is 5.37. The van der Waals surface area contributed by atoms with Gasteiger partial charge in [-0.25, -0.2) is 19.3 Å². The fraction of sp³-hybridized carbons (Fsp3) is 0.500. The SMILES string of the molecule is CSc1nc(N(C)[C@H]2CCOC[C@@H]2O)c2c(Cl)nc(Cl)c(F)c2n1. The number of aliphatic hydroxyl groups is 1. The van der Waals surface area contributed by atoms with Crippen molar-refractivity contribution in [3.8, 4) is 0 Å². The van der Waals surface area contributed by atoms with Crippen molar-refractivity contribution in [1.29, 1.82) is 0 Å². The first kappa shape index (κ1) is 17.9. The van der Waals surface area contributed by atoms with E-state index in [2.05, 4.69) is 15.0 Å². The molecule has 0 radical (unpaired) electrons. The van der Waals surface area contributed by atoms with E-state index in [1.807, 2.05) is 0 Å². The van der Waals surface area contributed by atoms with Crippen LogP contribution >= 0.6 is 35.0 Å². The van der Waals surface area contributed by atoms with Crippen molar-refractivity contribution in [3.63, 3.8) is 0 Å². The third-order valence-corrected chi connectivity index (χ3v) is 5.04. The lowest BCUT2D eigenvalue weighted by Crippen LogP contribution is -2.48. The summed E-state index contributed by atoms with van der Waals surface area (Å²) in [7, 11) is 1.77. The molecule has 0 spiro atoms. The number of fused-ring (bicyclic) bond motifs is 1. The van der Waals surface area contributed by atoms with Gasteiger partial charge in [0.15, 0.2) is 16.1 Å². The highest BCUT2D eigenvalue weighted by molar-refractivity contribution is 7.98. The number of rotatable bonds is 3. The molecule has 3 heterocycles. The van der Waals surface area contributed by atoms with Crippen LogP contribution < -0.4 is 4.90 Å². The molecule has 0 bridgehead atoms. The van der Waals surface area contributed by atoms with Crippen LogP contribution in [0.5, 0.6) is 0 Å². The van der Waals surface area contributed by atoms with Crippen molar-refractivity contribution in [2.45, 2.75) is 23.7 Å². The first-order valence-electron chi connectivity index (χ1n) is 7.19. The Balaban J connectivity index is 2.20. The van der Waals surface area contributed by atoms with Crippen molar-refractivity contribution in [1.82, 2.24) is 15.0 Å². The van der Waals surface area contributed by atoms with Gasteiger partial charge in [0.25, 0.3) is 0 Å². The third-order valence-electron chi connectivity index (χ3n) is 3.97. The maximum Gasteiger partial charge on any atom is 0.189 e. The van der Waals surface area contributed by atoms with Gasteiger partial charge in [-0.15, -0.1) is 0 Å². The van der Waals surface area contributed by atoms with Crippen LogP contribution in [0.2, 0.25) is 10.3 Å². The fourth-order valence-corrected chi connectivity index (χ4v) is 3.57. The van der Waals surface area contributed by atoms with E-state index in [1.54, 1.807) is 18.2 Å². The summed E-state index contributed by atoms with van der Waals surface area (Å²) in [5.41, 5.74) is 0.0164. The number of halogens is 3. The first-order chi connectivity index (χ1) is 11.4. The molecular weight excluding hydrogens is 378 g/mol. The van der Waals surface area contributed by atoms with E-state index in [-0.39, 0.29) is 33.9 Å². The summed E-state index contributed by atoms with van der Waals surface area (Å²) >= 11 is 13.2. The maximum atomic E-state index is 14.4. The van der Waals surface area contributed by atoms with Crippen molar-refractivity contribution < 1.29 is 14.2 Å². The third kappa shape index (κ3) is 3.13. The molecule has 0 unspecified atom stereocenters. The van der Waals surface area contributed by atoms with Gasteiger partial charge in [0.2, 0.25) is 0 Å². The zero-order chi connectivity index (χ0) is 17.4. The zero-order valence-corrected chi connectivity index (χ0v) is 15.3. The number of ether oxygens (including phenoxy) is 1. The molecule has 1 aliphatic heterocycles. The van der Waals surface area contributed by atoms with Crippen LogP contribution in [0.1, 0.15) is 6.42 Å². The molecule has 0 amide bonds. The van der Waals surface area contributed by atoms with Crippen LogP contribution in [0.4, 0.5) is 10.2 Å². The number of hydrogen-bond acceptors (Lipinski definition) is 7. The molecule has 24 heavy (non-hydrogen) atoms. The molecule has 2 aromatic heterocycles. The van der Waals surface area contributed by atoms with Crippen LogP contribution in [-0.2, 0) is 4.74 Å². The molecule has 0 aliphatic carbocycles. The van der Waals surface area contributed by atoms with E-state index in [4.69, 9.17) is 27.9 Å². The molecule has 0 saturated carbocycles. The van der Waals surface area contributed by atoms with Gasteiger partial charge in [0.1, 0.15) is 16.5 Å². The number of likely N-dealkylation sites (N-methyl/N-ethyl adjacent to an activating group) is 1. The van der Waals surface area contributed by atoms with E-state index in [9.17, 15) is 9.50 Å². The van der Waals surface area contributed by atoms with Gasteiger partial charge in [-0.05, 0) is 12.7 Å². The number of thioether (sulfide) groups is 1. The zero-order valence-electron chi connectivity index (χ0n) is 13.0. The Morgan fingerprint density at radius 3 is 2.71 bits per heavy atom. The molecular formula is C14H15Cl2FN4O2S.